The van der Waals surface area contributed by atoms with Crippen LogP contribution in [0.5, 0.6) is 0 Å². The zero-order valence-electron chi connectivity index (χ0n) is 17.0. The summed E-state index contributed by atoms with van der Waals surface area (Å²) in [5.74, 6) is -0.706. The van der Waals surface area contributed by atoms with E-state index in [1.165, 1.54) is 15.9 Å². The van der Waals surface area contributed by atoms with E-state index in [1.54, 1.807) is 18.2 Å². The van der Waals surface area contributed by atoms with Crippen LogP contribution in [0.1, 0.15) is 30.3 Å². The fourth-order valence-corrected chi connectivity index (χ4v) is 4.86. The van der Waals surface area contributed by atoms with Gasteiger partial charge in [-0.1, -0.05) is 23.4 Å². The Balaban J connectivity index is 1.31. The van der Waals surface area contributed by atoms with Crippen LogP contribution in [0.4, 0.5) is 0 Å². The summed E-state index contributed by atoms with van der Waals surface area (Å²) in [5, 5.41) is 7.00. The van der Waals surface area contributed by atoms with Crippen LogP contribution in [0.3, 0.4) is 0 Å². The fourth-order valence-electron chi connectivity index (χ4n) is 3.97. The Morgan fingerprint density at radius 1 is 1.12 bits per heavy atom. The van der Waals surface area contributed by atoms with Crippen LogP contribution in [-0.4, -0.2) is 31.5 Å². The SMILES string of the molecule is O=C1CCC(n2c(=O)oc3ccc(Cc4nc(-c5nc6ccccc6s5)no4)cc32)C(=O)N1. The molecule has 1 saturated heterocycles. The predicted molar refractivity (Wildman–Crippen MR) is 118 cm³/mol. The average Bonchev–Trinajstić information content (AvgIpc) is 3.50. The highest BCUT2D eigenvalue weighted by molar-refractivity contribution is 7.21. The molecule has 10 nitrogen and oxygen atoms in total. The molecule has 0 radical (unpaired) electrons. The summed E-state index contributed by atoms with van der Waals surface area (Å²) in [6, 6.07) is 12.2. The lowest BCUT2D eigenvalue weighted by Crippen LogP contribution is -2.43. The van der Waals surface area contributed by atoms with Gasteiger partial charge in [0.15, 0.2) is 10.6 Å². The zero-order valence-corrected chi connectivity index (χ0v) is 17.8. The number of rotatable bonds is 4. The van der Waals surface area contributed by atoms with E-state index in [9.17, 15) is 14.4 Å². The van der Waals surface area contributed by atoms with Crippen LogP contribution in [0.15, 0.2) is 56.2 Å². The zero-order chi connectivity index (χ0) is 22.5. The van der Waals surface area contributed by atoms with E-state index in [-0.39, 0.29) is 18.7 Å². The van der Waals surface area contributed by atoms with Gasteiger partial charge in [-0.15, -0.1) is 11.3 Å². The minimum atomic E-state index is -0.805. The molecule has 0 bridgehead atoms. The van der Waals surface area contributed by atoms with Gasteiger partial charge in [-0.05, 0) is 36.2 Å². The number of nitrogens with zero attached hydrogens (tertiary/aromatic N) is 4. The predicted octanol–water partition coefficient (Wildman–Crippen LogP) is 2.82. The number of oxazole rings is 1. The molecule has 0 spiro atoms. The molecule has 6 rings (SSSR count). The van der Waals surface area contributed by atoms with E-state index in [0.29, 0.717) is 34.2 Å². The Bertz CT molecular complexity index is 1580. The number of imide groups is 1. The number of piperidine rings is 1. The molecule has 3 aromatic heterocycles. The number of hydrogen-bond donors (Lipinski definition) is 1. The molecule has 5 aromatic rings. The summed E-state index contributed by atoms with van der Waals surface area (Å²) in [6.45, 7) is 0. The van der Waals surface area contributed by atoms with E-state index >= 15 is 0 Å². The first kappa shape index (κ1) is 19.6. The Morgan fingerprint density at radius 2 is 2.00 bits per heavy atom. The number of fused-ring (bicyclic) bond motifs is 2. The highest BCUT2D eigenvalue weighted by Gasteiger charge is 2.31. The molecular formula is C22H15N5O5S. The Labute approximate surface area is 188 Å². The van der Waals surface area contributed by atoms with Crippen molar-refractivity contribution in [1.82, 2.24) is 25.0 Å². The van der Waals surface area contributed by atoms with Gasteiger partial charge in [-0.3, -0.25) is 19.5 Å². The number of carbonyl (C=O) groups excluding carboxylic acids is 2. The number of amides is 2. The Kier molecular flexibility index (Phi) is 4.44. The van der Waals surface area contributed by atoms with Gasteiger partial charge in [-0.2, -0.15) is 4.98 Å². The van der Waals surface area contributed by atoms with Gasteiger partial charge < -0.3 is 8.94 Å². The maximum atomic E-state index is 12.5. The lowest BCUT2D eigenvalue weighted by atomic mass is 10.1. The van der Waals surface area contributed by atoms with Gasteiger partial charge in [0, 0.05) is 6.42 Å². The summed E-state index contributed by atoms with van der Waals surface area (Å²) in [5.41, 5.74) is 2.50. The normalized spacial score (nSPS) is 16.5. The molecule has 2 aromatic carbocycles. The van der Waals surface area contributed by atoms with Crippen molar-refractivity contribution in [3.05, 3.63) is 64.5 Å². The summed E-state index contributed by atoms with van der Waals surface area (Å²) in [7, 11) is 0. The highest BCUT2D eigenvalue weighted by Crippen LogP contribution is 2.29. The quantitative estimate of drug-likeness (QED) is 0.404. The molecule has 1 aliphatic heterocycles. The largest absolute Gasteiger partial charge is 0.420 e. The smallest absolute Gasteiger partial charge is 0.408 e. The molecule has 1 aliphatic rings. The molecule has 2 amide bonds. The van der Waals surface area contributed by atoms with Crippen molar-refractivity contribution in [2.75, 3.05) is 0 Å². The standard InChI is InChI=1S/C22H15N5O5S/c28-17-8-6-13(20(29)24-17)27-14-9-11(5-7-15(14)31-22(27)30)10-18-25-19(26-32-18)21-23-12-3-1-2-4-16(12)33-21/h1-5,7,9,13H,6,8,10H2,(H,24,28,29). The Morgan fingerprint density at radius 3 is 2.85 bits per heavy atom. The fraction of sp³-hybridized carbons (Fsp3) is 0.182. The van der Waals surface area contributed by atoms with Crippen LogP contribution >= 0.6 is 11.3 Å². The lowest BCUT2D eigenvalue weighted by Gasteiger charge is -2.21. The third-order valence-electron chi connectivity index (χ3n) is 5.51. The molecule has 4 heterocycles. The van der Waals surface area contributed by atoms with Crippen LogP contribution in [0.25, 0.3) is 32.1 Å². The van der Waals surface area contributed by atoms with E-state index in [0.717, 1.165) is 15.8 Å². The molecule has 164 valence electrons. The van der Waals surface area contributed by atoms with Gasteiger partial charge in [0.05, 0.1) is 22.2 Å². The molecule has 11 heteroatoms. The number of aromatic nitrogens is 4. The molecule has 1 N–H and O–H groups in total. The van der Waals surface area contributed by atoms with Crippen molar-refractivity contribution in [3.63, 3.8) is 0 Å². The van der Waals surface area contributed by atoms with Crippen LogP contribution < -0.4 is 11.1 Å². The van der Waals surface area contributed by atoms with Crippen molar-refractivity contribution in [1.29, 1.82) is 0 Å². The van der Waals surface area contributed by atoms with E-state index in [4.69, 9.17) is 8.94 Å². The number of carbonyl (C=O) groups is 2. The first-order chi connectivity index (χ1) is 16.0. The number of para-hydroxylation sites is 1. The van der Waals surface area contributed by atoms with Gasteiger partial charge in [-0.25, -0.2) is 9.78 Å². The van der Waals surface area contributed by atoms with E-state index < -0.39 is 17.7 Å². The van der Waals surface area contributed by atoms with Crippen LogP contribution in [-0.2, 0) is 16.0 Å². The lowest BCUT2D eigenvalue weighted by molar-refractivity contribution is -0.135. The van der Waals surface area contributed by atoms with Crippen molar-refractivity contribution >= 4 is 44.5 Å². The maximum Gasteiger partial charge on any atom is 0.420 e. The summed E-state index contributed by atoms with van der Waals surface area (Å²) in [6.07, 6.45) is 0.715. The molecule has 0 aliphatic carbocycles. The minimum Gasteiger partial charge on any atom is -0.408 e. The van der Waals surface area contributed by atoms with Gasteiger partial charge in [0.1, 0.15) is 6.04 Å². The molecule has 0 saturated carbocycles. The number of thiazole rings is 1. The number of benzene rings is 2. The topological polar surface area (TPSA) is 133 Å². The number of nitrogens with one attached hydrogen (secondary N) is 1. The number of hydrogen-bond acceptors (Lipinski definition) is 9. The summed E-state index contributed by atoms with van der Waals surface area (Å²) in [4.78, 5) is 45.2. The van der Waals surface area contributed by atoms with Crippen LogP contribution in [0, 0.1) is 0 Å². The average molecular weight is 461 g/mol. The van der Waals surface area contributed by atoms with Gasteiger partial charge in [0.25, 0.3) is 0 Å². The molecular weight excluding hydrogens is 446 g/mol. The maximum absolute atomic E-state index is 12.5. The first-order valence-corrected chi connectivity index (χ1v) is 11.0. The first-order valence-electron chi connectivity index (χ1n) is 10.2. The van der Waals surface area contributed by atoms with Crippen molar-refractivity contribution in [2.45, 2.75) is 25.3 Å². The van der Waals surface area contributed by atoms with Crippen LogP contribution in [0.2, 0.25) is 0 Å². The van der Waals surface area contributed by atoms with E-state index in [2.05, 4.69) is 20.4 Å². The second kappa shape index (κ2) is 7.48. The monoisotopic (exact) mass is 461 g/mol. The van der Waals surface area contributed by atoms with Gasteiger partial charge >= 0.3 is 5.76 Å². The third-order valence-corrected chi connectivity index (χ3v) is 6.54. The second-order valence-corrected chi connectivity index (χ2v) is 8.71. The van der Waals surface area contributed by atoms with Crippen molar-refractivity contribution < 1.29 is 18.5 Å². The molecule has 1 unspecified atom stereocenters. The molecule has 1 atom stereocenters. The third kappa shape index (κ3) is 3.42. The summed E-state index contributed by atoms with van der Waals surface area (Å²) >= 11 is 1.48. The summed E-state index contributed by atoms with van der Waals surface area (Å²) < 4.78 is 13.1. The molecule has 33 heavy (non-hydrogen) atoms. The highest BCUT2D eigenvalue weighted by atomic mass is 32.1. The van der Waals surface area contributed by atoms with Gasteiger partial charge in [0.2, 0.25) is 23.5 Å². The second-order valence-electron chi connectivity index (χ2n) is 7.68. The Hall–Kier alpha value is -4.12. The minimum absolute atomic E-state index is 0.158. The van der Waals surface area contributed by atoms with Crippen molar-refractivity contribution in [3.8, 4) is 10.8 Å². The van der Waals surface area contributed by atoms with E-state index in [1.807, 2.05) is 24.3 Å². The molecule has 1 fully saturated rings. The van der Waals surface area contributed by atoms with Crippen molar-refractivity contribution in [2.24, 2.45) is 0 Å².